The van der Waals surface area contributed by atoms with Crippen LogP contribution >= 0.6 is 12.4 Å². The zero-order valence-corrected chi connectivity index (χ0v) is 13.0. The summed E-state index contributed by atoms with van der Waals surface area (Å²) < 4.78 is 37.3. The summed E-state index contributed by atoms with van der Waals surface area (Å²) >= 11 is 0. The Balaban J connectivity index is 0.00000242. The molecule has 2 rings (SSSR count). The quantitative estimate of drug-likeness (QED) is 0.902. The van der Waals surface area contributed by atoms with E-state index in [1.807, 2.05) is 0 Å². The molecule has 2 atom stereocenters. The maximum atomic E-state index is 12.4. The predicted molar refractivity (Wildman–Crippen MR) is 78.7 cm³/mol. The van der Waals surface area contributed by atoms with Crippen molar-refractivity contribution in [3.05, 3.63) is 29.6 Å². The highest BCUT2D eigenvalue weighted by Gasteiger charge is 2.33. The summed E-state index contributed by atoms with van der Waals surface area (Å²) in [4.78, 5) is 17.3. The van der Waals surface area contributed by atoms with Gasteiger partial charge in [-0.3, -0.25) is 9.78 Å². The molecule has 0 aliphatic carbocycles. The molecule has 124 valence electrons. The Morgan fingerprint density at radius 1 is 1.45 bits per heavy atom. The topological polar surface area (TPSA) is 59.2 Å². The Labute approximate surface area is 133 Å². The second kappa shape index (κ2) is 7.28. The number of amides is 1. The number of rotatable bonds is 2. The van der Waals surface area contributed by atoms with Crippen molar-refractivity contribution < 1.29 is 18.0 Å². The Hall–Kier alpha value is -1.34. The smallest absolute Gasteiger partial charge is 0.338 e. The summed E-state index contributed by atoms with van der Waals surface area (Å²) in [5, 5.41) is 0. The van der Waals surface area contributed by atoms with E-state index in [0.29, 0.717) is 25.6 Å². The number of carbonyl (C=O) groups excluding carboxylic acids is 1. The van der Waals surface area contributed by atoms with Crippen molar-refractivity contribution in [3.8, 4) is 0 Å². The van der Waals surface area contributed by atoms with Crippen LogP contribution in [0.2, 0.25) is 0 Å². The van der Waals surface area contributed by atoms with Gasteiger partial charge in [0.2, 0.25) is 0 Å². The number of carbonyl (C=O) groups is 1. The van der Waals surface area contributed by atoms with Crippen LogP contribution in [0.25, 0.3) is 0 Å². The summed E-state index contributed by atoms with van der Waals surface area (Å²) in [6, 6.07) is 2.01. The van der Waals surface area contributed by atoms with Gasteiger partial charge in [0, 0.05) is 19.3 Å². The predicted octanol–water partition coefficient (Wildman–Crippen LogP) is 2.58. The molecular weight excluding hydrogens is 319 g/mol. The Bertz CT molecular complexity index is 507. The van der Waals surface area contributed by atoms with Gasteiger partial charge in [0.1, 0.15) is 5.69 Å². The van der Waals surface area contributed by atoms with Crippen LogP contribution in [0.1, 0.15) is 29.4 Å². The number of hydrogen-bond acceptors (Lipinski definition) is 3. The van der Waals surface area contributed by atoms with Crippen LogP contribution in [0.4, 0.5) is 13.2 Å². The number of piperidine rings is 1. The summed E-state index contributed by atoms with van der Waals surface area (Å²) in [6.07, 6.45) is -2.66. The van der Waals surface area contributed by atoms with Crippen molar-refractivity contribution in [3.63, 3.8) is 0 Å². The van der Waals surface area contributed by atoms with E-state index in [1.165, 1.54) is 6.07 Å². The van der Waals surface area contributed by atoms with Gasteiger partial charge in [-0.15, -0.1) is 12.4 Å². The molecule has 4 nitrogen and oxygen atoms in total. The molecule has 0 spiro atoms. The van der Waals surface area contributed by atoms with Gasteiger partial charge in [-0.2, -0.15) is 13.2 Å². The van der Waals surface area contributed by atoms with E-state index in [2.05, 4.69) is 11.9 Å². The average Bonchev–Trinajstić information content (AvgIpc) is 2.46. The van der Waals surface area contributed by atoms with Crippen LogP contribution in [-0.4, -0.2) is 35.4 Å². The van der Waals surface area contributed by atoms with Crippen LogP contribution in [0, 0.1) is 11.8 Å². The molecule has 1 aliphatic heterocycles. The molecule has 2 heterocycles. The number of hydrogen-bond donors (Lipinski definition) is 1. The Morgan fingerprint density at radius 3 is 2.64 bits per heavy atom. The largest absolute Gasteiger partial charge is 0.433 e. The molecule has 1 aromatic rings. The maximum Gasteiger partial charge on any atom is 0.433 e. The van der Waals surface area contributed by atoms with Gasteiger partial charge in [-0.1, -0.05) is 6.92 Å². The van der Waals surface area contributed by atoms with Crippen molar-refractivity contribution in [2.24, 2.45) is 17.6 Å². The average molecular weight is 338 g/mol. The third-order valence-electron chi connectivity index (χ3n) is 4.00. The van der Waals surface area contributed by atoms with E-state index in [4.69, 9.17) is 5.73 Å². The normalized spacial score (nSPS) is 22.1. The fourth-order valence-corrected chi connectivity index (χ4v) is 2.51. The first-order valence-electron chi connectivity index (χ1n) is 6.85. The summed E-state index contributed by atoms with van der Waals surface area (Å²) in [6.45, 7) is 3.73. The molecule has 0 saturated carbocycles. The lowest BCUT2D eigenvalue weighted by molar-refractivity contribution is -0.141. The lowest BCUT2D eigenvalue weighted by atomic mass is 9.87. The highest BCUT2D eigenvalue weighted by atomic mass is 35.5. The number of aromatic nitrogens is 1. The van der Waals surface area contributed by atoms with E-state index in [0.717, 1.165) is 18.7 Å². The van der Waals surface area contributed by atoms with Gasteiger partial charge in [-0.25, -0.2) is 0 Å². The number of alkyl halides is 3. The number of likely N-dealkylation sites (tertiary alicyclic amines) is 1. The third-order valence-corrected chi connectivity index (χ3v) is 4.00. The molecule has 2 unspecified atom stereocenters. The summed E-state index contributed by atoms with van der Waals surface area (Å²) in [5.41, 5.74) is 4.87. The lowest BCUT2D eigenvalue weighted by Crippen LogP contribution is -2.45. The van der Waals surface area contributed by atoms with Gasteiger partial charge in [0.05, 0.1) is 5.56 Å². The zero-order valence-electron chi connectivity index (χ0n) is 12.1. The maximum absolute atomic E-state index is 12.4. The molecule has 22 heavy (non-hydrogen) atoms. The lowest BCUT2D eigenvalue weighted by Gasteiger charge is -2.36. The molecule has 8 heteroatoms. The zero-order chi connectivity index (χ0) is 15.6. The van der Waals surface area contributed by atoms with Crippen LogP contribution in [-0.2, 0) is 6.18 Å². The van der Waals surface area contributed by atoms with E-state index in [9.17, 15) is 18.0 Å². The van der Waals surface area contributed by atoms with Crippen LogP contribution < -0.4 is 5.73 Å². The monoisotopic (exact) mass is 337 g/mol. The number of pyridine rings is 1. The fraction of sp³-hybridized carbons (Fsp3) is 0.571. The molecule has 0 aromatic carbocycles. The van der Waals surface area contributed by atoms with E-state index >= 15 is 0 Å². The molecular formula is C14H19ClF3N3O. The molecule has 0 bridgehead atoms. The molecule has 1 aliphatic rings. The summed E-state index contributed by atoms with van der Waals surface area (Å²) in [5.74, 6) is 0.386. The second-order valence-corrected chi connectivity index (χ2v) is 5.44. The molecule has 0 radical (unpaired) electrons. The van der Waals surface area contributed by atoms with Crippen LogP contribution in [0.3, 0.4) is 0 Å². The molecule has 1 fully saturated rings. The first kappa shape index (κ1) is 18.7. The number of nitrogens with zero attached hydrogens (tertiary/aromatic N) is 2. The van der Waals surface area contributed by atoms with Crippen molar-refractivity contribution >= 4 is 18.3 Å². The van der Waals surface area contributed by atoms with Crippen molar-refractivity contribution in [1.82, 2.24) is 9.88 Å². The highest BCUT2D eigenvalue weighted by molar-refractivity contribution is 5.94. The summed E-state index contributed by atoms with van der Waals surface area (Å²) in [7, 11) is 0. The molecule has 2 N–H and O–H groups in total. The van der Waals surface area contributed by atoms with Gasteiger partial charge in [0.25, 0.3) is 5.91 Å². The SMILES string of the molecule is CC1CCN(C(=O)c2ccc(C(F)(F)F)nc2)CC1CN.Cl. The van der Waals surface area contributed by atoms with Crippen LogP contribution in [0.15, 0.2) is 18.3 Å². The minimum Gasteiger partial charge on any atom is -0.338 e. The van der Waals surface area contributed by atoms with Gasteiger partial charge in [-0.05, 0) is 36.9 Å². The second-order valence-electron chi connectivity index (χ2n) is 5.44. The van der Waals surface area contributed by atoms with Gasteiger partial charge < -0.3 is 10.6 Å². The van der Waals surface area contributed by atoms with Gasteiger partial charge in [0.15, 0.2) is 0 Å². The molecule has 1 saturated heterocycles. The highest BCUT2D eigenvalue weighted by Crippen LogP contribution is 2.28. The van der Waals surface area contributed by atoms with E-state index < -0.39 is 11.9 Å². The minimum absolute atomic E-state index is 0. The Morgan fingerprint density at radius 2 is 2.14 bits per heavy atom. The van der Waals surface area contributed by atoms with Crippen LogP contribution in [0.5, 0.6) is 0 Å². The first-order valence-corrected chi connectivity index (χ1v) is 6.85. The van der Waals surface area contributed by atoms with E-state index in [1.54, 1.807) is 4.90 Å². The first-order chi connectivity index (χ1) is 9.82. The van der Waals surface area contributed by atoms with E-state index in [-0.39, 0.29) is 29.8 Å². The third kappa shape index (κ3) is 4.10. The van der Waals surface area contributed by atoms with Crippen molar-refractivity contribution in [2.45, 2.75) is 19.5 Å². The standard InChI is InChI=1S/C14H18F3N3O.ClH/c1-9-4-5-20(8-11(9)6-18)13(21)10-2-3-12(19-7-10)14(15,16)17;/h2-3,7,9,11H,4-6,8,18H2,1H3;1H. The fourth-order valence-electron chi connectivity index (χ4n) is 2.51. The number of nitrogens with two attached hydrogens (primary N) is 1. The Kier molecular flexibility index (Phi) is 6.19. The van der Waals surface area contributed by atoms with Crippen molar-refractivity contribution in [2.75, 3.05) is 19.6 Å². The molecule has 1 amide bonds. The minimum atomic E-state index is -4.49. The molecule has 1 aromatic heterocycles. The van der Waals surface area contributed by atoms with Crippen molar-refractivity contribution in [1.29, 1.82) is 0 Å². The van der Waals surface area contributed by atoms with Gasteiger partial charge >= 0.3 is 6.18 Å². The number of halogens is 4.